The number of nitrogens with zero attached hydrogens (tertiary/aromatic N) is 1. The third-order valence-corrected chi connectivity index (χ3v) is 4.16. The molecule has 0 atom stereocenters. The second kappa shape index (κ2) is 13.3. The van der Waals surface area contributed by atoms with E-state index >= 15 is 0 Å². The van der Waals surface area contributed by atoms with Crippen molar-refractivity contribution in [2.45, 2.75) is 53.4 Å². The number of benzene rings is 1. The van der Waals surface area contributed by atoms with Crippen LogP contribution < -0.4 is 0 Å². The van der Waals surface area contributed by atoms with Crippen molar-refractivity contribution in [3.63, 3.8) is 0 Å². The zero-order valence-corrected chi connectivity index (χ0v) is 17.0. The summed E-state index contributed by atoms with van der Waals surface area (Å²) in [6.45, 7) is 10.7. The third-order valence-electron chi connectivity index (χ3n) is 4.16. The number of hydrogen-bond donors (Lipinski definition) is 0. The maximum absolute atomic E-state index is 12.3. The zero-order chi connectivity index (χ0) is 19.2. The van der Waals surface area contributed by atoms with Crippen molar-refractivity contribution in [2.75, 3.05) is 26.3 Å². The van der Waals surface area contributed by atoms with E-state index in [0.717, 1.165) is 32.2 Å². The zero-order valence-electron chi connectivity index (χ0n) is 17.0. The Labute approximate surface area is 159 Å². The summed E-state index contributed by atoms with van der Waals surface area (Å²) < 4.78 is 5.40. The fourth-order valence-electron chi connectivity index (χ4n) is 2.66. The first-order valence-corrected chi connectivity index (χ1v) is 9.79. The average molecular weight is 358 g/mol. The van der Waals surface area contributed by atoms with Crippen molar-refractivity contribution in [3.8, 4) is 0 Å². The first-order chi connectivity index (χ1) is 12.6. The van der Waals surface area contributed by atoms with Gasteiger partial charge in [-0.3, -0.25) is 4.79 Å². The predicted molar refractivity (Wildman–Crippen MR) is 110 cm³/mol. The van der Waals surface area contributed by atoms with Gasteiger partial charge in [-0.15, -0.1) is 0 Å². The summed E-state index contributed by atoms with van der Waals surface area (Å²) in [4.78, 5) is 14.2. The Hall–Kier alpha value is -1.87. The summed E-state index contributed by atoms with van der Waals surface area (Å²) in [5.74, 6) is 0.0813. The molecule has 0 radical (unpaired) electrons. The Kier molecular flexibility index (Phi) is 11.4. The fraction of sp³-hybridized carbons (Fsp3) is 0.522. The summed E-state index contributed by atoms with van der Waals surface area (Å²) in [6.07, 6.45) is 8.33. The highest BCUT2D eigenvalue weighted by atomic mass is 16.5. The molecule has 0 unspecified atom stereocenters. The highest BCUT2D eigenvalue weighted by Gasteiger charge is 2.12. The molecule has 1 amide bonds. The second-order valence-corrected chi connectivity index (χ2v) is 6.88. The topological polar surface area (TPSA) is 29.5 Å². The minimum Gasteiger partial charge on any atom is -0.372 e. The number of aryl methyl sites for hydroxylation is 1. The summed E-state index contributed by atoms with van der Waals surface area (Å²) >= 11 is 0. The molecule has 1 aromatic rings. The molecule has 0 spiro atoms. The lowest BCUT2D eigenvalue weighted by Crippen LogP contribution is -2.36. The average Bonchev–Trinajstić information content (AvgIpc) is 2.65. The van der Waals surface area contributed by atoms with Gasteiger partial charge in [0.05, 0.1) is 0 Å². The van der Waals surface area contributed by atoms with E-state index in [1.165, 1.54) is 16.7 Å². The van der Waals surface area contributed by atoms with Crippen LogP contribution in [0.15, 0.2) is 53.6 Å². The van der Waals surface area contributed by atoms with E-state index in [0.29, 0.717) is 13.2 Å². The number of carbonyl (C=O) groups is 1. The molecular formula is C23H35NO2. The Morgan fingerprint density at radius 2 is 1.73 bits per heavy atom. The number of amides is 1. The summed E-state index contributed by atoms with van der Waals surface area (Å²) in [5.41, 5.74) is 3.92. The molecule has 0 aromatic heterocycles. The van der Waals surface area contributed by atoms with Crippen LogP contribution in [0.5, 0.6) is 0 Å². The van der Waals surface area contributed by atoms with Gasteiger partial charge in [0.25, 0.3) is 0 Å². The number of hydrogen-bond acceptors (Lipinski definition) is 2. The predicted octanol–water partition coefficient (Wildman–Crippen LogP) is 5.18. The van der Waals surface area contributed by atoms with E-state index in [9.17, 15) is 4.79 Å². The Balaban J connectivity index is 2.52. The van der Waals surface area contributed by atoms with Gasteiger partial charge < -0.3 is 9.64 Å². The molecule has 26 heavy (non-hydrogen) atoms. The third kappa shape index (κ3) is 9.57. The highest BCUT2D eigenvalue weighted by Crippen LogP contribution is 2.10. The van der Waals surface area contributed by atoms with Crippen molar-refractivity contribution in [1.82, 2.24) is 4.90 Å². The lowest BCUT2D eigenvalue weighted by molar-refractivity contribution is -0.135. The molecule has 0 bridgehead atoms. The highest BCUT2D eigenvalue weighted by molar-refractivity contribution is 5.77. The van der Waals surface area contributed by atoms with Gasteiger partial charge in [0.2, 0.25) is 5.91 Å². The molecule has 144 valence electrons. The SMILES string of the molecule is CCCOCC(=O)N(CCC)C/C(C)=C/C=C(\C)CCc1ccccc1. The van der Waals surface area contributed by atoms with E-state index in [1.807, 2.05) is 11.8 Å². The van der Waals surface area contributed by atoms with Crippen LogP contribution in [0.2, 0.25) is 0 Å². The van der Waals surface area contributed by atoms with Gasteiger partial charge in [-0.1, -0.05) is 67.5 Å². The van der Waals surface area contributed by atoms with Crippen LogP contribution in [0.4, 0.5) is 0 Å². The molecule has 1 aromatic carbocycles. The molecule has 0 heterocycles. The van der Waals surface area contributed by atoms with Crippen LogP contribution >= 0.6 is 0 Å². The largest absolute Gasteiger partial charge is 0.372 e. The molecule has 1 rings (SSSR count). The maximum atomic E-state index is 12.3. The summed E-state index contributed by atoms with van der Waals surface area (Å²) in [7, 11) is 0. The first kappa shape index (κ1) is 22.2. The van der Waals surface area contributed by atoms with Crippen LogP contribution in [0.25, 0.3) is 0 Å². The van der Waals surface area contributed by atoms with Gasteiger partial charge in [0.1, 0.15) is 6.61 Å². The van der Waals surface area contributed by atoms with E-state index in [-0.39, 0.29) is 12.5 Å². The number of allylic oxidation sites excluding steroid dienone is 3. The quantitative estimate of drug-likeness (QED) is 0.381. The van der Waals surface area contributed by atoms with Gasteiger partial charge in [0, 0.05) is 19.7 Å². The fourth-order valence-corrected chi connectivity index (χ4v) is 2.66. The van der Waals surface area contributed by atoms with Gasteiger partial charge in [-0.2, -0.15) is 0 Å². The van der Waals surface area contributed by atoms with Crippen molar-refractivity contribution in [3.05, 3.63) is 59.2 Å². The monoisotopic (exact) mass is 357 g/mol. The second-order valence-electron chi connectivity index (χ2n) is 6.88. The van der Waals surface area contributed by atoms with Crippen molar-refractivity contribution >= 4 is 5.91 Å². The van der Waals surface area contributed by atoms with Crippen LogP contribution in [0.3, 0.4) is 0 Å². The van der Waals surface area contributed by atoms with Gasteiger partial charge in [0.15, 0.2) is 0 Å². The molecule has 0 aliphatic carbocycles. The van der Waals surface area contributed by atoms with Gasteiger partial charge >= 0.3 is 0 Å². The van der Waals surface area contributed by atoms with E-state index in [4.69, 9.17) is 4.74 Å². The minimum absolute atomic E-state index is 0.0813. The number of rotatable bonds is 12. The van der Waals surface area contributed by atoms with E-state index < -0.39 is 0 Å². The van der Waals surface area contributed by atoms with Gasteiger partial charge in [-0.25, -0.2) is 0 Å². The Morgan fingerprint density at radius 1 is 1.04 bits per heavy atom. The summed E-state index contributed by atoms with van der Waals surface area (Å²) in [6, 6.07) is 10.6. The molecule has 0 saturated heterocycles. The summed E-state index contributed by atoms with van der Waals surface area (Å²) in [5, 5.41) is 0. The molecule has 0 N–H and O–H groups in total. The van der Waals surface area contributed by atoms with Crippen LogP contribution in [0, 0.1) is 0 Å². The standard InChI is InChI=1S/C23H35NO2/c1-5-16-24(23(25)19-26-17-6-2)18-21(4)13-12-20(3)14-15-22-10-8-7-9-11-22/h7-13H,5-6,14-19H2,1-4H3/b20-12+,21-13+. The Bertz CT molecular complexity index is 575. The molecule has 3 nitrogen and oxygen atoms in total. The Morgan fingerprint density at radius 3 is 2.38 bits per heavy atom. The van der Waals surface area contributed by atoms with E-state index in [2.05, 4.69) is 63.3 Å². The van der Waals surface area contributed by atoms with Crippen molar-refractivity contribution in [2.24, 2.45) is 0 Å². The van der Waals surface area contributed by atoms with Gasteiger partial charge in [-0.05, 0) is 45.1 Å². The first-order valence-electron chi connectivity index (χ1n) is 9.79. The normalized spacial score (nSPS) is 12.3. The lowest BCUT2D eigenvalue weighted by atomic mass is 10.1. The molecule has 0 saturated carbocycles. The smallest absolute Gasteiger partial charge is 0.248 e. The molecule has 0 aliphatic heterocycles. The number of carbonyl (C=O) groups excluding carboxylic acids is 1. The number of ether oxygens (including phenoxy) is 1. The lowest BCUT2D eigenvalue weighted by Gasteiger charge is -2.22. The van der Waals surface area contributed by atoms with Crippen molar-refractivity contribution < 1.29 is 9.53 Å². The molecule has 0 aliphatic rings. The van der Waals surface area contributed by atoms with Crippen LogP contribution in [-0.4, -0.2) is 37.1 Å². The van der Waals surface area contributed by atoms with Crippen molar-refractivity contribution in [1.29, 1.82) is 0 Å². The van der Waals surface area contributed by atoms with Crippen LogP contribution in [0.1, 0.15) is 52.5 Å². The van der Waals surface area contributed by atoms with E-state index in [1.54, 1.807) is 0 Å². The minimum atomic E-state index is 0.0813. The molecule has 0 fully saturated rings. The molecular weight excluding hydrogens is 322 g/mol. The molecule has 3 heteroatoms. The van der Waals surface area contributed by atoms with Crippen LogP contribution in [-0.2, 0) is 16.0 Å². The maximum Gasteiger partial charge on any atom is 0.248 e.